The Morgan fingerprint density at radius 3 is 2.41 bits per heavy atom. The summed E-state index contributed by atoms with van der Waals surface area (Å²) in [6, 6.07) is 7.52. The first-order valence-electron chi connectivity index (χ1n) is 5.86. The third kappa shape index (κ3) is 3.08. The second-order valence-corrected chi connectivity index (χ2v) is 5.12. The molecule has 0 fully saturated rings. The highest BCUT2D eigenvalue weighted by Gasteiger charge is 2.33. The summed E-state index contributed by atoms with van der Waals surface area (Å²) in [5.74, 6) is 0.207. The number of carbonyl (C=O) groups excluding carboxylic acids is 1. The number of Topliss-reactive ketones (excluding diaryl/α,β-unsaturated/α-hetero) is 1. The number of likely N-dealkylation sites (N-methyl/N-ethyl adjacent to an activating group) is 1. The number of rotatable bonds is 5. The monoisotopic (exact) mass is 253 g/mol. The van der Waals surface area contributed by atoms with Gasteiger partial charge in [0.1, 0.15) is 0 Å². The van der Waals surface area contributed by atoms with Crippen molar-refractivity contribution in [2.24, 2.45) is 0 Å². The molecular weight excluding hydrogens is 234 g/mol. The summed E-state index contributed by atoms with van der Waals surface area (Å²) in [6.07, 6.45) is 1.19. The Kier molecular flexibility index (Phi) is 4.72. The number of ketones is 1. The summed E-state index contributed by atoms with van der Waals surface area (Å²) in [4.78, 5) is 14.3. The molecule has 0 radical (unpaired) electrons. The van der Waals surface area contributed by atoms with E-state index in [1.165, 1.54) is 0 Å². The van der Waals surface area contributed by atoms with Gasteiger partial charge in [-0.2, -0.15) is 0 Å². The zero-order valence-corrected chi connectivity index (χ0v) is 11.7. The third-order valence-corrected chi connectivity index (χ3v) is 3.95. The molecule has 94 valence electrons. The highest BCUT2D eigenvalue weighted by Crippen LogP contribution is 2.22. The summed E-state index contributed by atoms with van der Waals surface area (Å²) in [5.41, 5.74) is 0.486. The van der Waals surface area contributed by atoms with Crippen molar-refractivity contribution in [2.75, 3.05) is 14.1 Å². The number of carbonyl (C=O) groups is 1. The second-order valence-electron chi connectivity index (χ2n) is 4.71. The van der Waals surface area contributed by atoms with Crippen LogP contribution in [0.3, 0.4) is 0 Å². The number of nitrogens with zero attached hydrogens (tertiary/aromatic N) is 1. The molecule has 0 aliphatic rings. The minimum absolute atomic E-state index is 0.207. The first kappa shape index (κ1) is 14.2. The van der Waals surface area contributed by atoms with Crippen LogP contribution in [0.25, 0.3) is 0 Å². The molecule has 0 N–H and O–H groups in total. The predicted octanol–water partition coefficient (Wildman–Crippen LogP) is 3.18. The Morgan fingerprint density at radius 2 is 1.94 bits per heavy atom. The molecule has 0 bridgehead atoms. The Labute approximate surface area is 109 Å². The maximum Gasteiger partial charge on any atom is 0.157 e. The van der Waals surface area contributed by atoms with Gasteiger partial charge in [-0.1, -0.05) is 36.7 Å². The second kappa shape index (κ2) is 5.65. The number of benzene rings is 1. The van der Waals surface area contributed by atoms with E-state index in [4.69, 9.17) is 11.6 Å². The number of hydrogen-bond acceptors (Lipinski definition) is 2. The summed E-state index contributed by atoms with van der Waals surface area (Å²) in [6.45, 7) is 4.01. The van der Waals surface area contributed by atoms with Gasteiger partial charge in [0.15, 0.2) is 5.78 Å². The lowest BCUT2D eigenvalue weighted by Crippen LogP contribution is -2.48. The van der Waals surface area contributed by atoms with E-state index >= 15 is 0 Å². The van der Waals surface area contributed by atoms with E-state index in [0.717, 1.165) is 12.0 Å². The van der Waals surface area contributed by atoms with E-state index < -0.39 is 5.54 Å². The van der Waals surface area contributed by atoms with Gasteiger partial charge in [-0.3, -0.25) is 9.69 Å². The molecule has 2 nitrogen and oxygen atoms in total. The smallest absolute Gasteiger partial charge is 0.157 e. The molecule has 0 aromatic heterocycles. The van der Waals surface area contributed by atoms with Gasteiger partial charge in [0.05, 0.1) is 5.54 Å². The van der Waals surface area contributed by atoms with Gasteiger partial charge in [-0.15, -0.1) is 0 Å². The lowest BCUT2D eigenvalue weighted by molar-refractivity contribution is -0.128. The van der Waals surface area contributed by atoms with Crippen molar-refractivity contribution in [2.45, 2.75) is 32.2 Å². The van der Waals surface area contributed by atoms with E-state index in [9.17, 15) is 4.79 Å². The Balaban J connectivity index is 2.89. The average molecular weight is 254 g/mol. The van der Waals surface area contributed by atoms with E-state index in [1.807, 2.05) is 57.1 Å². The predicted molar refractivity (Wildman–Crippen MR) is 72.5 cm³/mol. The molecule has 1 unspecified atom stereocenters. The molecule has 1 rings (SSSR count). The molecule has 0 heterocycles. The highest BCUT2D eigenvalue weighted by molar-refractivity contribution is 6.31. The van der Waals surface area contributed by atoms with Crippen molar-refractivity contribution in [1.82, 2.24) is 4.90 Å². The molecule has 0 aliphatic heterocycles. The minimum atomic E-state index is -0.417. The molecule has 0 aliphatic carbocycles. The molecule has 0 saturated carbocycles. The molecule has 1 aromatic carbocycles. The van der Waals surface area contributed by atoms with E-state index in [1.54, 1.807) is 0 Å². The molecular formula is C14H20ClNO. The number of halogens is 1. The minimum Gasteiger partial charge on any atom is -0.297 e. The topological polar surface area (TPSA) is 20.3 Å². The van der Waals surface area contributed by atoms with Crippen LogP contribution in [0.1, 0.15) is 25.8 Å². The van der Waals surface area contributed by atoms with Crippen molar-refractivity contribution >= 4 is 17.4 Å². The summed E-state index contributed by atoms with van der Waals surface area (Å²) in [5, 5.41) is 0.665. The van der Waals surface area contributed by atoms with E-state index in [2.05, 4.69) is 0 Å². The Morgan fingerprint density at radius 1 is 1.35 bits per heavy atom. The molecule has 0 saturated heterocycles. The van der Waals surface area contributed by atoms with Gasteiger partial charge >= 0.3 is 0 Å². The van der Waals surface area contributed by atoms with Crippen molar-refractivity contribution in [3.05, 3.63) is 34.9 Å². The standard InChI is InChI=1S/C14H20ClNO/c1-5-14(2,16(3)4)13(17)10-11-8-6-7-9-12(11)15/h6-9H,5,10H2,1-4H3. The fourth-order valence-corrected chi connectivity index (χ4v) is 1.97. The Bertz CT molecular complexity index is 403. The molecule has 0 amide bonds. The largest absolute Gasteiger partial charge is 0.297 e. The maximum atomic E-state index is 12.4. The molecule has 3 heteroatoms. The zero-order chi connectivity index (χ0) is 13.1. The molecule has 17 heavy (non-hydrogen) atoms. The van der Waals surface area contributed by atoms with Crippen LogP contribution < -0.4 is 0 Å². The van der Waals surface area contributed by atoms with Crippen molar-refractivity contribution in [3.63, 3.8) is 0 Å². The molecule has 1 atom stereocenters. The quantitative estimate of drug-likeness (QED) is 0.803. The first-order valence-corrected chi connectivity index (χ1v) is 6.23. The molecule has 0 spiro atoms. The van der Waals surface area contributed by atoms with Crippen LogP contribution in [0, 0.1) is 0 Å². The van der Waals surface area contributed by atoms with Crippen molar-refractivity contribution in [1.29, 1.82) is 0 Å². The van der Waals surface area contributed by atoms with Crippen LogP contribution in [-0.2, 0) is 11.2 Å². The summed E-state index contributed by atoms with van der Waals surface area (Å²) >= 11 is 6.08. The van der Waals surface area contributed by atoms with Gasteiger partial charge in [0.25, 0.3) is 0 Å². The summed E-state index contributed by atoms with van der Waals surface area (Å²) < 4.78 is 0. The van der Waals surface area contributed by atoms with Crippen LogP contribution in [-0.4, -0.2) is 30.3 Å². The van der Waals surface area contributed by atoms with E-state index in [0.29, 0.717) is 11.4 Å². The van der Waals surface area contributed by atoms with Crippen LogP contribution in [0.15, 0.2) is 24.3 Å². The number of hydrogen-bond donors (Lipinski definition) is 0. The maximum absolute atomic E-state index is 12.4. The third-order valence-electron chi connectivity index (χ3n) is 3.59. The highest BCUT2D eigenvalue weighted by atomic mass is 35.5. The zero-order valence-electron chi connectivity index (χ0n) is 11.0. The van der Waals surface area contributed by atoms with Crippen LogP contribution in [0.5, 0.6) is 0 Å². The van der Waals surface area contributed by atoms with Crippen LogP contribution in [0.4, 0.5) is 0 Å². The normalized spacial score (nSPS) is 14.7. The van der Waals surface area contributed by atoms with Crippen molar-refractivity contribution in [3.8, 4) is 0 Å². The van der Waals surface area contributed by atoms with Gasteiger partial charge in [-0.05, 0) is 39.1 Å². The fourth-order valence-electron chi connectivity index (χ4n) is 1.77. The lowest BCUT2D eigenvalue weighted by Gasteiger charge is -2.34. The Hall–Kier alpha value is -0.860. The van der Waals surface area contributed by atoms with Gasteiger partial charge in [-0.25, -0.2) is 0 Å². The van der Waals surface area contributed by atoms with Gasteiger partial charge < -0.3 is 0 Å². The van der Waals surface area contributed by atoms with Crippen LogP contribution in [0.2, 0.25) is 5.02 Å². The first-order chi connectivity index (χ1) is 7.91. The van der Waals surface area contributed by atoms with Gasteiger partial charge in [0, 0.05) is 11.4 Å². The average Bonchev–Trinajstić information content (AvgIpc) is 2.30. The fraction of sp³-hybridized carbons (Fsp3) is 0.500. The van der Waals surface area contributed by atoms with Crippen LogP contribution >= 0.6 is 11.6 Å². The van der Waals surface area contributed by atoms with E-state index in [-0.39, 0.29) is 5.78 Å². The SMILES string of the molecule is CCC(C)(C(=O)Cc1ccccc1Cl)N(C)C. The molecule has 1 aromatic rings. The van der Waals surface area contributed by atoms with Crippen molar-refractivity contribution < 1.29 is 4.79 Å². The van der Waals surface area contributed by atoms with Gasteiger partial charge in [0.2, 0.25) is 0 Å². The summed E-state index contributed by atoms with van der Waals surface area (Å²) in [7, 11) is 3.88. The lowest BCUT2D eigenvalue weighted by atomic mass is 9.88.